The van der Waals surface area contributed by atoms with Crippen molar-refractivity contribution in [2.24, 2.45) is 0 Å². The van der Waals surface area contributed by atoms with Crippen molar-refractivity contribution in [2.75, 3.05) is 5.32 Å². The molecule has 1 aromatic carbocycles. The molecule has 1 unspecified atom stereocenters. The fourth-order valence-corrected chi connectivity index (χ4v) is 2.36. The van der Waals surface area contributed by atoms with E-state index in [1.807, 2.05) is 12.3 Å². The van der Waals surface area contributed by atoms with E-state index in [0.29, 0.717) is 5.69 Å². The molecule has 1 aromatic heterocycles. The summed E-state index contributed by atoms with van der Waals surface area (Å²) in [5.74, 6) is -0.258. The van der Waals surface area contributed by atoms with Crippen LogP contribution < -0.4 is 5.32 Å². The monoisotopic (exact) mass is 300 g/mol. The summed E-state index contributed by atoms with van der Waals surface area (Å²) < 4.78 is 14.3. The first-order valence-electron chi connectivity index (χ1n) is 4.78. The largest absolute Gasteiger partial charge is 0.374 e. The molecule has 0 saturated carbocycles. The predicted octanol–water partition coefficient (Wildman–Crippen LogP) is 4.22. The van der Waals surface area contributed by atoms with Gasteiger partial charge in [0.05, 0.1) is 11.7 Å². The molecular formula is C11H10BrFN2S. The van der Waals surface area contributed by atoms with Gasteiger partial charge in [0.15, 0.2) is 0 Å². The molecule has 0 radical (unpaired) electrons. The van der Waals surface area contributed by atoms with E-state index in [9.17, 15) is 4.39 Å². The average Bonchev–Trinajstić information content (AvgIpc) is 2.76. The first-order chi connectivity index (χ1) is 7.66. The van der Waals surface area contributed by atoms with Crippen LogP contribution in [0.15, 0.2) is 34.2 Å². The summed E-state index contributed by atoms with van der Waals surface area (Å²) in [6, 6.07) is 4.83. The Labute approximate surface area is 106 Å². The van der Waals surface area contributed by atoms with Crippen LogP contribution in [0.3, 0.4) is 0 Å². The molecule has 0 amide bonds. The third-order valence-electron chi connectivity index (χ3n) is 2.12. The number of halogens is 2. The molecule has 2 aromatic rings. The SMILES string of the molecule is CC(Nc1cc(Br)ccc1F)c1nccs1. The van der Waals surface area contributed by atoms with E-state index < -0.39 is 0 Å². The second-order valence-electron chi connectivity index (χ2n) is 3.36. The summed E-state index contributed by atoms with van der Waals surface area (Å²) in [6.45, 7) is 1.96. The Bertz CT molecular complexity index is 473. The Morgan fingerprint density at radius 3 is 3.00 bits per heavy atom. The second kappa shape index (κ2) is 4.93. The summed E-state index contributed by atoms with van der Waals surface area (Å²) in [5.41, 5.74) is 0.483. The molecule has 0 spiro atoms. The van der Waals surface area contributed by atoms with Gasteiger partial charge in [-0.2, -0.15) is 0 Å². The highest BCUT2D eigenvalue weighted by Gasteiger charge is 2.10. The molecule has 1 atom stereocenters. The quantitative estimate of drug-likeness (QED) is 0.918. The van der Waals surface area contributed by atoms with Gasteiger partial charge in [0.25, 0.3) is 0 Å². The standard InChI is InChI=1S/C11H10BrFN2S/c1-7(11-14-4-5-16-11)15-10-6-8(12)2-3-9(10)13/h2-7,15H,1H3. The van der Waals surface area contributed by atoms with Gasteiger partial charge in [0.2, 0.25) is 0 Å². The lowest BCUT2D eigenvalue weighted by molar-refractivity contribution is 0.627. The first-order valence-corrected chi connectivity index (χ1v) is 6.45. The van der Waals surface area contributed by atoms with E-state index >= 15 is 0 Å². The minimum Gasteiger partial charge on any atom is -0.374 e. The van der Waals surface area contributed by atoms with Gasteiger partial charge in [-0.1, -0.05) is 15.9 Å². The maximum atomic E-state index is 13.5. The lowest BCUT2D eigenvalue weighted by Crippen LogP contribution is -2.07. The number of rotatable bonds is 3. The van der Waals surface area contributed by atoms with E-state index in [0.717, 1.165) is 9.48 Å². The zero-order valence-electron chi connectivity index (χ0n) is 8.58. The van der Waals surface area contributed by atoms with Crippen molar-refractivity contribution in [3.8, 4) is 0 Å². The van der Waals surface area contributed by atoms with Crippen molar-refractivity contribution >= 4 is 33.0 Å². The van der Waals surface area contributed by atoms with E-state index in [1.165, 1.54) is 6.07 Å². The van der Waals surface area contributed by atoms with Gasteiger partial charge >= 0.3 is 0 Å². The Balaban J connectivity index is 2.17. The summed E-state index contributed by atoms with van der Waals surface area (Å²) >= 11 is 4.87. The molecule has 0 aliphatic rings. The van der Waals surface area contributed by atoms with Crippen LogP contribution in [0.25, 0.3) is 0 Å². The molecule has 16 heavy (non-hydrogen) atoms. The number of hydrogen-bond acceptors (Lipinski definition) is 3. The van der Waals surface area contributed by atoms with Crippen molar-refractivity contribution in [3.05, 3.63) is 45.1 Å². The fourth-order valence-electron chi connectivity index (χ4n) is 1.35. The van der Waals surface area contributed by atoms with Crippen LogP contribution in [-0.2, 0) is 0 Å². The summed E-state index contributed by atoms with van der Waals surface area (Å²) in [6.07, 6.45) is 1.75. The molecule has 0 saturated heterocycles. The number of hydrogen-bond donors (Lipinski definition) is 1. The van der Waals surface area contributed by atoms with Gasteiger partial charge in [0.1, 0.15) is 10.8 Å². The minimum absolute atomic E-state index is 0.00352. The molecular weight excluding hydrogens is 291 g/mol. The number of anilines is 1. The smallest absolute Gasteiger partial charge is 0.146 e. The predicted molar refractivity (Wildman–Crippen MR) is 68.3 cm³/mol. The highest BCUT2D eigenvalue weighted by atomic mass is 79.9. The summed E-state index contributed by atoms with van der Waals surface area (Å²) in [7, 11) is 0. The maximum Gasteiger partial charge on any atom is 0.146 e. The third kappa shape index (κ3) is 2.59. The van der Waals surface area contributed by atoms with Gasteiger partial charge in [-0.15, -0.1) is 11.3 Å². The number of nitrogens with one attached hydrogen (secondary N) is 1. The van der Waals surface area contributed by atoms with Crippen LogP contribution in [-0.4, -0.2) is 4.98 Å². The van der Waals surface area contributed by atoms with Crippen molar-refractivity contribution in [2.45, 2.75) is 13.0 Å². The Hall–Kier alpha value is -0.940. The van der Waals surface area contributed by atoms with E-state index in [2.05, 4.69) is 26.2 Å². The van der Waals surface area contributed by atoms with Gasteiger partial charge < -0.3 is 5.32 Å². The van der Waals surface area contributed by atoms with Crippen LogP contribution in [0.5, 0.6) is 0 Å². The number of benzene rings is 1. The van der Waals surface area contributed by atoms with Gasteiger partial charge in [-0.25, -0.2) is 9.37 Å². The van der Waals surface area contributed by atoms with Crippen LogP contribution in [0.4, 0.5) is 10.1 Å². The lowest BCUT2D eigenvalue weighted by Gasteiger charge is -2.13. The molecule has 0 aliphatic heterocycles. The molecule has 1 heterocycles. The minimum atomic E-state index is -0.258. The highest BCUT2D eigenvalue weighted by Crippen LogP contribution is 2.25. The zero-order chi connectivity index (χ0) is 11.5. The zero-order valence-corrected chi connectivity index (χ0v) is 11.0. The average molecular weight is 301 g/mol. The van der Waals surface area contributed by atoms with Gasteiger partial charge in [-0.3, -0.25) is 0 Å². The molecule has 0 aliphatic carbocycles. The Morgan fingerprint density at radius 2 is 2.31 bits per heavy atom. The normalized spacial score (nSPS) is 12.4. The van der Waals surface area contributed by atoms with Crippen LogP contribution in [0.2, 0.25) is 0 Å². The molecule has 84 valence electrons. The van der Waals surface area contributed by atoms with Crippen molar-refractivity contribution in [1.82, 2.24) is 4.98 Å². The molecule has 2 nitrogen and oxygen atoms in total. The molecule has 0 fully saturated rings. The van der Waals surface area contributed by atoms with Gasteiger partial charge in [0, 0.05) is 16.0 Å². The fraction of sp³-hybridized carbons (Fsp3) is 0.182. The first kappa shape index (κ1) is 11.5. The topological polar surface area (TPSA) is 24.9 Å². The van der Waals surface area contributed by atoms with E-state index in [4.69, 9.17) is 0 Å². The number of thiazole rings is 1. The van der Waals surface area contributed by atoms with E-state index in [-0.39, 0.29) is 11.9 Å². The summed E-state index contributed by atoms with van der Waals surface area (Å²) in [5, 5.41) is 5.95. The highest BCUT2D eigenvalue weighted by molar-refractivity contribution is 9.10. The van der Waals surface area contributed by atoms with Crippen LogP contribution in [0.1, 0.15) is 18.0 Å². The van der Waals surface area contributed by atoms with Crippen molar-refractivity contribution in [1.29, 1.82) is 0 Å². The molecule has 0 bridgehead atoms. The number of nitrogens with zero attached hydrogens (tertiary/aromatic N) is 1. The van der Waals surface area contributed by atoms with Crippen LogP contribution >= 0.6 is 27.3 Å². The van der Waals surface area contributed by atoms with Crippen LogP contribution in [0, 0.1) is 5.82 Å². The number of aromatic nitrogens is 1. The van der Waals surface area contributed by atoms with E-state index in [1.54, 1.807) is 29.7 Å². The molecule has 1 N–H and O–H groups in total. The van der Waals surface area contributed by atoms with Crippen molar-refractivity contribution < 1.29 is 4.39 Å². The molecule has 5 heteroatoms. The maximum absolute atomic E-state index is 13.5. The summed E-state index contributed by atoms with van der Waals surface area (Å²) in [4.78, 5) is 4.19. The second-order valence-corrected chi connectivity index (χ2v) is 5.20. The molecule has 2 rings (SSSR count). The Morgan fingerprint density at radius 1 is 1.50 bits per heavy atom. The third-order valence-corrected chi connectivity index (χ3v) is 3.57. The van der Waals surface area contributed by atoms with Gasteiger partial charge in [-0.05, 0) is 25.1 Å². The Kier molecular flexibility index (Phi) is 3.56. The lowest BCUT2D eigenvalue weighted by atomic mass is 10.2. The van der Waals surface area contributed by atoms with Crippen molar-refractivity contribution in [3.63, 3.8) is 0 Å².